The lowest BCUT2D eigenvalue weighted by Gasteiger charge is -2.38. The van der Waals surface area contributed by atoms with Gasteiger partial charge in [-0.05, 0) is 25.0 Å². The van der Waals surface area contributed by atoms with Crippen LogP contribution in [0.15, 0.2) is 30.5 Å². The zero-order valence-electron chi connectivity index (χ0n) is 15.0. The largest absolute Gasteiger partial charge is 0.355 e. The van der Waals surface area contributed by atoms with Gasteiger partial charge in [-0.1, -0.05) is 18.2 Å². The van der Waals surface area contributed by atoms with Crippen molar-refractivity contribution in [2.45, 2.75) is 38.0 Å². The molecule has 3 aliphatic heterocycles. The van der Waals surface area contributed by atoms with E-state index in [1.54, 1.807) is 6.20 Å². The summed E-state index contributed by atoms with van der Waals surface area (Å²) in [5.41, 5.74) is 2.52. The van der Waals surface area contributed by atoms with Crippen molar-refractivity contribution in [3.05, 3.63) is 36.0 Å². The topological polar surface area (TPSA) is 63.6 Å². The van der Waals surface area contributed by atoms with Crippen LogP contribution in [-0.4, -0.2) is 53.3 Å². The zero-order chi connectivity index (χ0) is 17.6. The molecule has 136 valence electrons. The molecule has 2 saturated heterocycles. The number of hydrogen-bond acceptors (Lipinski definition) is 7. The van der Waals surface area contributed by atoms with E-state index in [0.717, 1.165) is 38.2 Å². The monoisotopic (exact) mass is 353 g/mol. The molecule has 0 saturated carbocycles. The number of hydrogen-bond donors (Lipinski definition) is 0. The molecule has 1 atom stereocenters. The van der Waals surface area contributed by atoms with Crippen LogP contribution in [0.25, 0.3) is 0 Å². The van der Waals surface area contributed by atoms with Crippen LogP contribution in [0.2, 0.25) is 0 Å². The Morgan fingerprint density at radius 3 is 2.69 bits per heavy atom. The van der Waals surface area contributed by atoms with Gasteiger partial charge in [0.25, 0.3) is 5.95 Å². The number of nitrogens with zero attached hydrogens (tertiary/aromatic N) is 5. The van der Waals surface area contributed by atoms with Gasteiger partial charge < -0.3 is 19.3 Å². The van der Waals surface area contributed by atoms with E-state index in [9.17, 15) is 0 Å². The van der Waals surface area contributed by atoms with Crippen molar-refractivity contribution in [1.29, 1.82) is 0 Å². The van der Waals surface area contributed by atoms with Crippen molar-refractivity contribution in [3.63, 3.8) is 0 Å². The Balaban J connectivity index is 1.38. The molecule has 2 aromatic rings. The minimum atomic E-state index is -0.373. The van der Waals surface area contributed by atoms with Gasteiger partial charge in [0.05, 0.1) is 19.4 Å². The summed E-state index contributed by atoms with van der Waals surface area (Å²) in [7, 11) is 0. The summed E-state index contributed by atoms with van der Waals surface area (Å²) >= 11 is 0. The molecule has 1 aromatic heterocycles. The molecule has 2 fully saturated rings. The summed E-state index contributed by atoms with van der Waals surface area (Å²) in [4.78, 5) is 9.29. The molecule has 1 spiro atoms. The van der Waals surface area contributed by atoms with Crippen molar-refractivity contribution in [2.24, 2.45) is 0 Å². The Morgan fingerprint density at radius 1 is 1.12 bits per heavy atom. The molecule has 4 heterocycles. The highest BCUT2D eigenvalue weighted by atomic mass is 16.7. The van der Waals surface area contributed by atoms with Gasteiger partial charge in [-0.3, -0.25) is 0 Å². The first kappa shape index (κ1) is 16.0. The van der Waals surface area contributed by atoms with Crippen molar-refractivity contribution >= 4 is 17.5 Å². The van der Waals surface area contributed by atoms with Crippen LogP contribution in [0, 0.1) is 0 Å². The van der Waals surface area contributed by atoms with Crippen LogP contribution in [-0.2, 0) is 15.9 Å². The van der Waals surface area contributed by atoms with Gasteiger partial charge in [-0.25, -0.2) is 0 Å². The number of aromatic nitrogens is 3. The lowest BCUT2D eigenvalue weighted by molar-refractivity contribution is -0.169. The molecule has 0 N–H and O–H groups in total. The van der Waals surface area contributed by atoms with Gasteiger partial charge >= 0.3 is 0 Å². The number of fused-ring (bicyclic) bond motifs is 1. The molecule has 0 amide bonds. The zero-order valence-corrected chi connectivity index (χ0v) is 15.0. The molecule has 0 aliphatic carbocycles. The van der Waals surface area contributed by atoms with Crippen LogP contribution in [0.5, 0.6) is 0 Å². The smallest absolute Gasteiger partial charge is 0.252 e. The predicted octanol–water partition coefficient (Wildman–Crippen LogP) is 2.30. The Morgan fingerprint density at radius 2 is 1.88 bits per heavy atom. The highest BCUT2D eigenvalue weighted by molar-refractivity contribution is 5.67. The second kappa shape index (κ2) is 6.17. The molecule has 26 heavy (non-hydrogen) atoms. The molecule has 3 aliphatic rings. The molecule has 7 heteroatoms. The third-order valence-electron chi connectivity index (χ3n) is 5.62. The highest BCUT2D eigenvalue weighted by Gasteiger charge is 2.40. The van der Waals surface area contributed by atoms with Gasteiger partial charge in [0.1, 0.15) is 0 Å². The van der Waals surface area contributed by atoms with Crippen molar-refractivity contribution in [1.82, 2.24) is 15.2 Å². The second-order valence-electron chi connectivity index (χ2n) is 7.26. The first-order valence-corrected chi connectivity index (χ1v) is 9.34. The number of benzene rings is 1. The Labute approximate surface area is 152 Å². The molecule has 1 unspecified atom stereocenters. The molecule has 0 bridgehead atoms. The SMILES string of the molecule is CC1Cc2ccccc2N1c1nncc(N2CCC3(CC2)OCCO3)n1. The lowest BCUT2D eigenvalue weighted by atomic mass is 10.0. The highest BCUT2D eigenvalue weighted by Crippen LogP contribution is 2.37. The van der Waals surface area contributed by atoms with Crippen LogP contribution in [0.1, 0.15) is 25.3 Å². The maximum absolute atomic E-state index is 5.82. The summed E-state index contributed by atoms with van der Waals surface area (Å²) < 4.78 is 11.6. The lowest BCUT2D eigenvalue weighted by Crippen LogP contribution is -2.45. The Hall–Kier alpha value is -2.25. The predicted molar refractivity (Wildman–Crippen MR) is 97.7 cm³/mol. The van der Waals surface area contributed by atoms with Crippen molar-refractivity contribution < 1.29 is 9.47 Å². The van der Waals surface area contributed by atoms with E-state index < -0.39 is 0 Å². The van der Waals surface area contributed by atoms with Crippen molar-refractivity contribution in [2.75, 3.05) is 36.1 Å². The van der Waals surface area contributed by atoms with Crippen LogP contribution < -0.4 is 9.80 Å². The fraction of sp³-hybridized carbons (Fsp3) is 0.526. The Bertz CT molecular complexity index is 798. The van der Waals surface area contributed by atoms with E-state index in [-0.39, 0.29) is 5.79 Å². The second-order valence-corrected chi connectivity index (χ2v) is 7.26. The fourth-order valence-electron chi connectivity index (χ4n) is 4.27. The van der Waals surface area contributed by atoms with Gasteiger partial charge in [-0.15, -0.1) is 5.10 Å². The van der Waals surface area contributed by atoms with Gasteiger partial charge in [-0.2, -0.15) is 10.1 Å². The first-order chi connectivity index (χ1) is 12.7. The third-order valence-corrected chi connectivity index (χ3v) is 5.62. The average Bonchev–Trinajstić information content (AvgIpc) is 3.26. The number of para-hydroxylation sites is 1. The number of piperidine rings is 1. The normalized spacial score (nSPS) is 24.3. The molecule has 0 radical (unpaired) electrons. The summed E-state index contributed by atoms with van der Waals surface area (Å²) in [5, 5.41) is 8.57. The summed E-state index contributed by atoms with van der Waals surface area (Å²) in [5.74, 6) is 1.18. The van der Waals surface area contributed by atoms with Crippen molar-refractivity contribution in [3.8, 4) is 0 Å². The van der Waals surface area contributed by atoms with E-state index >= 15 is 0 Å². The minimum absolute atomic E-state index is 0.328. The molecule has 7 nitrogen and oxygen atoms in total. The fourth-order valence-corrected chi connectivity index (χ4v) is 4.27. The average molecular weight is 353 g/mol. The van der Waals surface area contributed by atoms with Gasteiger partial charge in [0, 0.05) is 37.7 Å². The maximum Gasteiger partial charge on any atom is 0.252 e. The summed E-state index contributed by atoms with van der Waals surface area (Å²) in [6, 6.07) is 8.78. The standard InChI is InChI=1S/C19H23N5O2/c1-14-12-15-4-2-3-5-16(15)24(14)18-21-17(13-20-22-18)23-8-6-19(7-9-23)25-10-11-26-19/h2-5,13-14H,6-12H2,1H3. The van der Waals surface area contributed by atoms with E-state index in [1.165, 1.54) is 11.3 Å². The van der Waals surface area contributed by atoms with E-state index in [2.05, 4.69) is 51.2 Å². The van der Waals surface area contributed by atoms with E-state index in [1.807, 2.05) is 0 Å². The molecule has 5 rings (SSSR count). The molecular weight excluding hydrogens is 330 g/mol. The summed E-state index contributed by atoms with van der Waals surface area (Å²) in [6.07, 6.45) is 4.47. The van der Waals surface area contributed by atoms with Crippen LogP contribution in [0.3, 0.4) is 0 Å². The number of ether oxygens (including phenoxy) is 2. The van der Waals surface area contributed by atoms with E-state index in [0.29, 0.717) is 25.2 Å². The minimum Gasteiger partial charge on any atom is -0.355 e. The third kappa shape index (κ3) is 2.62. The molecular formula is C19H23N5O2. The summed E-state index contributed by atoms with van der Waals surface area (Å²) in [6.45, 7) is 5.31. The van der Waals surface area contributed by atoms with Gasteiger partial charge in [0.15, 0.2) is 11.6 Å². The number of rotatable bonds is 2. The first-order valence-electron chi connectivity index (χ1n) is 9.34. The molecule has 1 aromatic carbocycles. The maximum atomic E-state index is 5.82. The van der Waals surface area contributed by atoms with Gasteiger partial charge in [0.2, 0.25) is 0 Å². The number of anilines is 3. The Kier molecular flexibility index (Phi) is 3.79. The quantitative estimate of drug-likeness (QED) is 0.821. The van der Waals surface area contributed by atoms with E-state index in [4.69, 9.17) is 14.5 Å². The van der Waals surface area contributed by atoms with Crippen LogP contribution >= 0.6 is 0 Å². The van der Waals surface area contributed by atoms with Crippen LogP contribution in [0.4, 0.5) is 17.5 Å².